The summed E-state index contributed by atoms with van der Waals surface area (Å²) in [6.07, 6.45) is 2.89. The van der Waals surface area contributed by atoms with Crippen LogP contribution in [0.25, 0.3) is 0 Å². The van der Waals surface area contributed by atoms with E-state index in [1.54, 1.807) is 0 Å². The van der Waals surface area contributed by atoms with E-state index < -0.39 is 0 Å². The molecule has 1 aromatic carbocycles. The fraction of sp³-hybridized carbons (Fsp3) is 0.467. The Morgan fingerprint density at radius 2 is 2.00 bits per heavy atom. The van der Waals surface area contributed by atoms with Gasteiger partial charge in [-0.25, -0.2) is 4.39 Å². The number of ether oxygens (including phenoxy) is 1. The van der Waals surface area contributed by atoms with Gasteiger partial charge >= 0.3 is 0 Å². The molecule has 2 fully saturated rings. The highest BCUT2D eigenvalue weighted by molar-refractivity contribution is 5.38. The summed E-state index contributed by atoms with van der Waals surface area (Å²) in [6.45, 7) is 1.43. The average Bonchev–Trinajstić information content (AvgIpc) is 2.93. The van der Waals surface area contributed by atoms with Crippen molar-refractivity contribution in [1.29, 1.82) is 0 Å². The summed E-state index contributed by atoms with van der Waals surface area (Å²) in [5.74, 6) is 1.42. The number of aromatic nitrogens is 2. The van der Waals surface area contributed by atoms with Crippen LogP contribution in [0.2, 0.25) is 0 Å². The molecule has 0 unspecified atom stereocenters. The quantitative estimate of drug-likeness (QED) is 0.863. The van der Waals surface area contributed by atoms with Gasteiger partial charge in [-0.05, 0) is 37.0 Å². The van der Waals surface area contributed by atoms with E-state index in [1.807, 2.05) is 12.1 Å². The minimum atomic E-state index is -0.223. The summed E-state index contributed by atoms with van der Waals surface area (Å²) in [7, 11) is 0. The molecule has 5 heteroatoms. The Balaban J connectivity index is 1.65. The standard InChI is InChI=1S/C15H15FN2O2/c16-12-3-1-11(2-4-12)15(6-7-15)14-17-13(18-20-14)10-5-8-19-9-10/h1-4,10H,5-9H2/t10-/m0/s1. The first-order valence-electron chi connectivity index (χ1n) is 6.96. The zero-order valence-electron chi connectivity index (χ0n) is 11.0. The number of benzene rings is 1. The van der Waals surface area contributed by atoms with Gasteiger partial charge in [0.2, 0.25) is 5.89 Å². The van der Waals surface area contributed by atoms with E-state index in [4.69, 9.17) is 9.26 Å². The van der Waals surface area contributed by atoms with Crippen LogP contribution in [-0.2, 0) is 10.2 Å². The highest BCUT2D eigenvalue weighted by atomic mass is 19.1. The molecule has 1 aliphatic heterocycles. The van der Waals surface area contributed by atoms with Crippen LogP contribution in [0.1, 0.15) is 42.5 Å². The number of rotatable bonds is 3. The molecule has 1 aliphatic carbocycles. The lowest BCUT2D eigenvalue weighted by molar-refractivity contribution is 0.192. The molecular formula is C15H15FN2O2. The molecule has 20 heavy (non-hydrogen) atoms. The largest absolute Gasteiger partial charge is 0.381 e. The van der Waals surface area contributed by atoms with E-state index in [-0.39, 0.29) is 17.2 Å². The van der Waals surface area contributed by atoms with E-state index in [0.717, 1.165) is 37.3 Å². The molecule has 0 spiro atoms. The van der Waals surface area contributed by atoms with Crippen LogP contribution in [-0.4, -0.2) is 23.4 Å². The molecule has 1 saturated heterocycles. The van der Waals surface area contributed by atoms with E-state index in [0.29, 0.717) is 12.5 Å². The second-order valence-electron chi connectivity index (χ2n) is 5.61. The van der Waals surface area contributed by atoms with Crippen molar-refractivity contribution in [2.24, 2.45) is 0 Å². The minimum absolute atomic E-state index is 0.196. The summed E-state index contributed by atoms with van der Waals surface area (Å²) >= 11 is 0. The maximum atomic E-state index is 13.0. The SMILES string of the molecule is Fc1ccc(C2(c3nc([C@H]4CCOC4)no3)CC2)cc1. The smallest absolute Gasteiger partial charge is 0.237 e. The van der Waals surface area contributed by atoms with Gasteiger partial charge in [0.25, 0.3) is 0 Å². The molecule has 1 atom stereocenters. The Bertz CT molecular complexity index is 613. The molecule has 0 bridgehead atoms. The zero-order chi connectivity index (χ0) is 13.6. The third kappa shape index (κ3) is 1.85. The first-order chi connectivity index (χ1) is 9.78. The Labute approximate surface area is 115 Å². The molecule has 1 saturated carbocycles. The predicted octanol–water partition coefficient (Wildman–Crippen LogP) is 2.79. The second-order valence-corrected chi connectivity index (χ2v) is 5.61. The molecule has 4 rings (SSSR count). The molecular weight excluding hydrogens is 259 g/mol. The highest BCUT2D eigenvalue weighted by Gasteiger charge is 2.51. The van der Waals surface area contributed by atoms with Gasteiger partial charge in [-0.15, -0.1) is 0 Å². The Morgan fingerprint density at radius 1 is 1.20 bits per heavy atom. The zero-order valence-corrected chi connectivity index (χ0v) is 11.0. The van der Waals surface area contributed by atoms with Crippen molar-refractivity contribution in [2.45, 2.75) is 30.6 Å². The Hall–Kier alpha value is -1.75. The lowest BCUT2D eigenvalue weighted by Gasteiger charge is -2.10. The third-order valence-electron chi connectivity index (χ3n) is 4.29. The van der Waals surface area contributed by atoms with Gasteiger partial charge in [-0.1, -0.05) is 17.3 Å². The highest BCUT2D eigenvalue weighted by Crippen LogP contribution is 2.53. The average molecular weight is 274 g/mol. The normalized spacial score (nSPS) is 23.9. The summed E-state index contributed by atoms with van der Waals surface area (Å²) in [5.41, 5.74) is 0.857. The predicted molar refractivity (Wildman–Crippen MR) is 68.9 cm³/mol. The Kier molecular flexibility index (Phi) is 2.63. The van der Waals surface area contributed by atoms with Gasteiger partial charge in [-0.3, -0.25) is 0 Å². The van der Waals surface area contributed by atoms with Crippen LogP contribution >= 0.6 is 0 Å². The van der Waals surface area contributed by atoms with Crippen LogP contribution in [0.5, 0.6) is 0 Å². The summed E-state index contributed by atoms with van der Waals surface area (Å²) in [5, 5.41) is 4.11. The van der Waals surface area contributed by atoms with Gasteiger partial charge in [0.05, 0.1) is 12.0 Å². The van der Waals surface area contributed by atoms with Crippen molar-refractivity contribution < 1.29 is 13.7 Å². The lowest BCUT2D eigenvalue weighted by atomic mass is 9.96. The molecule has 2 aromatic rings. The molecule has 104 valence electrons. The van der Waals surface area contributed by atoms with Crippen LogP contribution < -0.4 is 0 Å². The number of hydrogen-bond acceptors (Lipinski definition) is 4. The topological polar surface area (TPSA) is 48.2 Å². The number of nitrogens with zero attached hydrogens (tertiary/aromatic N) is 2. The van der Waals surface area contributed by atoms with Gasteiger partial charge in [0, 0.05) is 12.5 Å². The monoisotopic (exact) mass is 274 g/mol. The van der Waals surface area contributed by atoms with Crippen molar-refractivity contribution in [3.8, 4) is 0 Å². The second kappa shape index (κ2) is 4.38. The minimum Gasteiger partial charge on any atom is -0.381 e. The van der Waals surface area contributed by atoms with E-state index in [1.165, 1.54) is 12.1 Å². The van der Waals surface area contributed by atoms with Crippen molar-refractivity contribution in [3.63, 3.8) is 0 Å². The van der Waals surface area contributed by atoms with Gasteiger partial charge in [0.1, 0.15) is 5.82 Å². The molecule has 0 amide bonds. The van der Waals surface area contributed by atoms with Gasteiger partial charge < -0.3 is 9.26 Å². The first kappa shape index (κ1) is 12.0. The number of halogens is 1. The fourth-order valence-electron chi connectivity index (χ4n) is 2.85. The molecule has 0 radical (unpaired) electrons. The van der Waals surface area contributed by atoms with Crippen LogP contribution in [0, 0.1) is 5.82 Å². The molecule has 0 N–H and O–H groups in total. The van der Waals surface area contributed by atoms with Crippen LogP contribution in [0.4, 0.5) is 4.39 Å². The van der Waals surface area contributed by atoms with E-state index in [2.05, 4.69) is 10.1 Å². The van der Waals surface area contributed by atoms with E-state index >= 15 is 0 Å². The van der Waals surface area contributed by atoms with Crippen molar-refractivity contribution in [2.75, 3.05) is 13.2 Å². The lowest BCUT2D eigenvalue weighted by Crippen LogP contribution is -2.10. The van der Waals surface area contributed by atoms with Gasteiger partial charge in [-0.2, -0.15) is 4.98 Å². The first-order valence-corrected chi connectivity index (χ1v) is 6.96. The molecule has 1 aromatic heterocycles. The van der Waals surface area contributed by atoms with Crippen LogP contribution in [0.15, 0.2) is 28.8 Å². The summed E-state index contributed by atoms with van der Waals surface area (Å²) < 4.78 is 23.9. The molecule has 4 nitrogen and oxygen atoms in total. The molecule has 2 heterocycles. The van der Waals surface area contributed by atoms with E-state index in [9.17, 15) is 4.39 Å². The van der Waals surface area contributed by atoms with Crippen molar-refractivity contribution in [1.82, 2.24) is 10.1 Å². The maximum Gasteiger partial charge on any atom is 0.237 e. The van der Waals surface area contributed by atoms with Crippen LogP contribution in [0.3, 0.4) is 0 Å². The maximum absolute atomic E-state index is 13.0. The Morgan fingerprint density at radius 3 is 2.65 bits per heavy atom. The van der Waals surface area contributed by atoms with Gasteiger partial charge in [0.15, 0.2) is 5.82 Å². The number of hydrogen-bond donors (Lipinski definition) is 0. The van der Waals surface area contributed by atoms with Crippen molar-refractivity contribution in [3.05, 3.63) is 47.4 Å². The van der Waals surface area contributed by atoms with Crippen molar-refractivity contribution >= 4 is 0 Å². The molecule has 2 aliphatic rings. The summed E-state index contributed by atoms with van der Waals surface area (Å²) in [4.78, 5) is 4.57. The summed E-state index contributed by atoms with van der Waals surface area (Å²) in [6, 6.07) is 6.59. The fourth-order valence-corrected chi connectivity index (χ4v) is 2.85. The third-order valence-corrected chi connectivity index (χ3v) is 4.29.